The van der Waals surface area contributed by atoms with Crippen molar-refractivity contribution in [2.45, 2.75) is 26.4 Å². The monoisotopic (exact) mass is 278 g/mol. The number of aryl methyl sites for hydroxylation is 2. The largest absolute Gasteiger partial charge is 0.388 e. The number of hydrogen-bond donors (Lipinski definition) is 1. The predicted molar refractivity (Wildman–Crippen MR) is 76.0 cm³/mol. The van der Waals surface area contributed by atoms with Gasteiger partial charge in [-0.05, 0) is 60.4 Å². The first-order valence-electron chi connectivity index (χ1n) is 6.16. The summed E-state index contributed by atoms with van der Waals surface area (Å²) < 4.78 is 13.2. The maximum Gasteiger partial charge on any atom is 0.123 e. The quantitative estimate of drug-likeness (QED) is 0.884. The average Bonchev–Trinajstić information content (AvgIpc) is 2.33. The number of hydrogen-bond acceptors (Lipinski definition) is 1. The molecule has 2 rings (SSSR count). The van der Waals surface area contributed by atoms with Gasteiger partial charge in [0, 0.05) is 11.4 Å². The van der Waals surface area contributed by atoms with E-state index in [1.54, 1.807) is 12.1 Å². The molecule has 19 heavy (non-hydrogen) atoms. The van der Waals surface area contributed by atoms with E-state index in [2.05, 4.69) is 0 Å². The Morgan fingerprint density at radius 3 is 2.53 bits per heavy atom. The van der Waals surface area contributed by atoms with Gasteiger partial charge in [-0.3, -0.25) is 0 Å². The lowest BCUT2D eigenvalue weighted by Gasteiger charge is -2.15. The highest BCUT2D eigenvalue weighted by molar-refractivity contribution is 6.30. The Bertz CT molecular complexity index is 595. The van der Waals surface area contributed by atoms with E-state index in [1.165, 1.54) is 12.1 Å². The standard InChI is InChI=1S/C16H16ClFO/c1-10-3-5-14(18)8-12(10)9-16(19)15-6-4-13(17)7-11(15)2/h3-8,16,19H,9H2,1-2H3. The molecule has 0 bridgehead atoms. The van der Waals surface area contributed by atoms with E-state index in [1.807, 2.05) is 26.0 Å². The zero-order chi connectivity index (χ0) is 14.0. The molecule has 0 aromatic heterocycles. The van der Waals surface area contributed by atoms with Crippen molar-refractivity contribution in [3.8, 4) is 0 Å². The topological polar surface area (TPSA) is 20.2 Å². The zero-order valence-electron chi connectivity index (χ0n) is 11.0. The predicted octanol–water partition coefficient (Wildman–Crippen LogP) is 4.37. The lowest BCUT2D eigenvalue weighted by Crippen LogP contribution is -2.05. The van der Waals surface area contributed by atoms with Crippen molar-refractivity contribution in [2.75, 3.05) is 0 Å². The Labute approximate surface area is 117 Å². The third-order valence-electron chi connectivity index (χ3n) is 3.32. The molecule has 2 aromatic carbocycles. The minimum Gasteiger partial charge on any atom is -0.388 e. The van der Waals surface area contributed by atoms with Gasteiger partial charge in [-0.1, -0.05) is 23.7 Å². The summed E-state index contributed by atoms with van der Waals surface area (Å²) in [4.78, 5) is 0. The van der Waals surface area contributed by atoms with Crippen molar-refractivity contribution in [1.29, 1.82) is 0 Å². The first kappa shape index (κ1) is 14.0. The van der Waals surface area contributed by atoms with E-state index in [-0.39, 0.29) is 5.82 Å². The fourth-order valence-electron chi connectivity index (χ4n) is 2.19. The van der Waals surface area contributed by atoms with Gasteiger partial charge in [0.15, 0.2) is 0 Å². The van der Waals surface area contributed by atoms with E-state index in [4.69, 9.17) is 11.6 Å². The third kappa shape index (κ3) is 3.34. The van der Waals surface area contributed by atoms with E-state index in [0.29, 0.717) is 11.4 Å². The summed E-state index contributed by atoms with van der Waals surface area (Å²) in [5.74, 6) is -0.277. The average molecular weight is 279 g/mol. The molecular weight excluding hydrogens is 263 g/mol. The van der Waals surface area contributed by atoms with Gasteiger partial charge in [-0.15, -0.1) is 0 Å². The van der Waals surface area contributed by atoms with Crippen molar-refractivity contribution in [3.05, 3.63) is 69.5 Å². The van der Waals surface area contributed by atoms with Crippen LogP contribution in [-0.4, -0.2) is 5.11 Å². The molecule has 0 spiro atoms. The Kier molecular flexibility index (Phi) is 4.23. The van der Waals surface area contributed by atoms with Crippen LogP contribution in [0.1, 0.15) is 28.4 Å². The van der Waals surface area contributed by atoms with Crippen LogP contribution in [0.25, 0.3) is 0 Å². The van der Waals surface area contributed by atoms with Gasteiger partial charge in [0.05, 0.1) is 6.10 Å². The van der Waals surface area contributed by atoms with E-state index in [0.717, 1.165) is 22.3 Å². The zero-order valence-corrected chi connectivity index (χ0v) is 11.7. The maximum absolute atomic E-state index is 13.2. The van der Waals surface area contributed by atoms with E-state index >= 15 is 0 Å². The van der Waals surface area contributed by atoms with Crippen LogP contribution in [0.2, 0.25) is 5.02 Å². The Morgan fingerprint density at radius 2 is 1.84 bits per heavy atom. The summed E-state index contributed by atoms with van der Waals surface area (Å²) >= 11 is 5.90. The molecule has 1 nitrogen and oxygen atoms in total. The van der Waals surface area contributed by atoms with E-state index in [9.17, 15) is 9.50 Å². The molecule has 0 saturated heterocycles. The highest BCUT2D eigenvalue weighted by Crippen LogP contribution is 2.25. The lowest BCUT2D eigenvalue weighted by molar-refractivity contribution is 0.177. The van der Waals surface area contributed by atoms with Crippen molar-refractivity contribution >= 4 is 11.6 Å². The summed E-state index contributed by atoms with van der Waals surface area (Å²) in [6, 6.07) is 10.0. The van der Waals surface area contributed by atoms with Crippen LogP contribution in [0.4, 0.5) is 4.39 Å². The summed E-state index contributed by atoms with van der Waals surface area (Å²) in [5, 5.41) is 10.9. The molecule has 0 saturated carbocycles. The molecule has 1 unspecified atom stereocenters. The molecule has 0 heterocycles. The van der Waals surface area contributed by atoms with Crippen LogP contribution in [0, 0.1) is 19.7 Å². The SMILES string of the molecule is Cc1ccc(F)cc1CC(O)c1ccc(Cl)cc1C. The van der Waals surface area contributed by atoms with Crippen LogP contribution in [0.3, 0.4) is 0 Å². The van der Waals surface area contributed by atoms with Gasteiger partial charge >= 0.3 is 0 Å². The van der Waals surface area contributed by atoms with Crippen molar-refractivity contribution < 1.29 is 9.50 Å². The minimum atomic E-state index is -0.655. The number of benzene rings is 2. The normalized spacial score (nSPS) is 12.5. The van der Waals surface area contributed by atoms with Gasteiger partial charge in [0.25, 0.3) is 0 Å². The molecule has 1 N–H and O–H groups in total. The number of rotatable bonds is 3. The molecule has 3 heteroatoms. The smallest absolute Gasteiger partial charge is 0.123 e. The van der Waals surface area contributed by atoms with Crippen molar-refractivity contribution in [3.63, 3.8) is 0 Å². The molecule has 100 valence electrons. The summed E-state index contributed by atoms with van der Waals surface area (Å²) in [5.41, 5.74) is 3.57. The lowest BCUT2D eigenvalue weighted by atomic mass is 9.95. The molecule has 0 radical (unpaired) electrons. The summed E-state index contributed by atoms with van der Waals surface area (Å²) in [6.45, 7) is 3.82. The Balaban J connectivity index is 2.25. The number of aliphatic hydroxyl groups excluding tert-OH is 1. The second-order valence-electron chi connectivity index (χ2n) is 4.79. The van der Waals surface area contributed by atoms with Crippen molar-refractivity contribution in [2.24, 2.45) is 0 Å². The molecule has 0 fully saturated rings. The number of halogens is 2. The highest BCUT2D eigenvalue weighted by Gasteiger charge is 2.13. The molecule has 1 atom stereocenters. The molecule has 0 aliphatic rings. The van der Waals surface area contributed by atoms with E-state index < -0.39 is 6.10 Å². The van der Waals surface area contributed by atoms with Crippen LogP contribution in [0.5, 0.6) is 0 Å². The van der Waals surface area contributed by atoms with Crippen molar-refractivity contribution in [1.82, 2.24) is 0 Å². The fourth-order valence-corrected chi connectivity index (χ4v) is 2.42. The summed E-state index contributed by atoms with van der Waals surface area (Å²) in [6.07, 6.45) is -0.260. The maximum atomic E-state index is 13.2. The van der Waals surface area contributed by atoms with Crippen LogP contribution >= 0.6 is 11.6 Å². The van der Waals surface area contributed by atoms with Gasteiger partial charge in [0.2, 0.25) is 0 Å². The molecule has 0 aliphatic carbocycles. The Hall–Kier alpha value is -1.38. The fraction of sp³-hybridized carbons (Fsp3) is 0.250. The van der Waals surface area contributed by atoms with Gasteiger partial charge in [0.1, 0.15) is 5.82 Å². The third-order valence-corrected chi connectivity index (χ3v) is 3.55. The first-order valence-corrected chi connectivity index (χ1v) is 6.54. The first-order chi connectivity index (χ1) is 8.97. The number of aliphatic hydroxyl groups is 1. The summed E-state index contributed by atoms with van der Waals surface area (Å²) in [7, 11) is 0. The molecule has 0 aliphatic heterocycles. The van der Waals surface area contributed by atoms with Crippen LogP contribution in [0.15, 0.2) is 36.4 Å². The van der Waals surface area contributed by atoms with Gasteiger partial charge < -0.3 is 5.11 Å². The second kappa shape index (κ2) is 5.72. The minimum absolute atomic E-state index is 0.277. The molecule has 0 amide bonds. The Morgan fingerprint density at radius 1 is 1.11 bits per heavy atom. The van der Waals surface area contributed by atoms with Gasteiger partial charge in [-0.2, -0.15) is 0 Å². The van der Waals surface area contributed by atoms with Crippen LogP contribution < -0.4 is 0 Å². The second-order valence-corrected chi connectivity index (χ2v) is 5.23. The highest BCUT2D eigenvalue weighted by atomic mass is 35.5. The van der Waals surface area contributed by atoms with Gasteiger partial charge in [-0.25, -0.2) is 4.39 Å². The van der Waals surface area contributed by atoms with Crippen LogP contribution in [-0.2, 0) is 6.42 Å². The molecule has 2 aromatic rings. The molecular formula is C16H16ClFO.